The lowest BCUT2D eigenvalue weighted by Crippen LogP contribution is -1.94. The number of imidazole rings is 1. The summed E-state index contributed by atoms with van der Waals surface area (Å²) in [6, 6.07) is 13.5. The SMILES string of the molecule is CC(=O)c1ccc(-n2cnc(-c3c(-c4cccc(F)c4)noc3C)c2)cc1. The van der Waals surface area contributed by atoms with Gasteiger partial charge in [-0.15, -0.1) is 0 Å². The number of Topliss-reactive ketones (excluding diaryl/α,β-unsaturated/α-hetero) is 1. The van der Waals surface area contributed by atoms with E-state index in [1.165, 1.54) is 19.1 Å². The molecule has 0 saturated heterocycles. The molecule has 0 atom stereocenters. The Morgan fingerprint density at radius 2 is 1.93 bits per heavy atom. The highest BCUT2D eigenvalue weighted by Crippen LogP contribution is 2.33. The van der Waals surface area contributed by atoms with Crippen LogP contribution in [0.2, 0.25) is 0 Å². The summed E-state index contributed by atoms with van der Waals surface area (Å²) in [5.74, 6) is 0.286. The number of carbonyl (C=O) groups excluding carboxylic acids is 1. The molecule has 2 aromatic heterocycles. The predicted molar refractivity (Wildman–Crippen MR) is 99.2 cm³/mol. The third kappa shape index (κ3) is 3.17. The van der Waals surface area contributed by atoms with E-state index >= 15 is 0 Å². The van der Waals surface area contributed by atoms with Crippen LogP contribution in [0.1, 0.15) is 23.0 Å². The first kappa shape index (κ1) is 16.9. The summed E-state index contributed by atoms with van der Waals surface area (Å²) in [7, 11) is 0. The van der Waals surface area contributed by atoms with Crippen LogP contribution < -0.4 is 0 Å². The summed E-state index contributed by atoms with van der Waals surface area (Å²) in [5.41, 5.74) is 4.09. The fraction of sp³-hybridized carbons (Fsp3) is 0.0952. The van der Waals surface area contributed by atoms with Crippen molar-refractivity contribution in [1.82, 2.24) is 14.7 Å². The molecule has 27 heavy (non-hydrogen) atoms. The Labute approximate surface area is 155 Å². The van der Waals surface area contributed by atoms with Gasteiger partial charge in [-0.2, -0.15) is 0 Å². The largest absolute Gasteiger partial charge is 0.360 e. The zero-order chi connectivity index (χ0) is 19.0. The number of ketones is 1. The molecular formula is C21H16FN3O2. The lowest BCUT2D eigenvalue weighted by molar-refractivity contribution is 0.101. The van der Waals surface area contributed by atoms with Crippen molar-refractivity contribution in [3.63, 3.8) is 0 Å². The zero-order valence-corrected chi connectivity index (χ0v) is 14.8. The minimum absolute atomic E-state index is 0.0210. The maximum Gasteiger partial charge on any atom is 0.159 e. The molecule has 4 rings (SSSR count). The number of aryl methyl sites for hydroxylation is 1. The van der Waals surface area contributed by atoms with Crippen molar-refractivity contribution in [3.05, 3.63) is 78.2 Å². The van der Waals surface area contributed by atoms with Crippen LogP contribution in [0.15, 0.2) is 65.6 Å². The van der Waals surface area contributed by atoms with Gasteiger partial charge in [-0.1, -0.05) is 17.3 Å². The van der Waals surface area contributed by atoms with Crippen molar-refractivity contribution in [2.24, 2.45) is 0 Å². The fourth-order valence-corrected chi connectivity index (χ4v) is 2.97. The predicted octanol–water partition coefficient (Wildman–Crippen LogP) is 4.84. The zero-order valence-electron chi connectivity index (χ0n) is 14.8. The van der Waals surface area contributed by atoms with Gasteiger partial charge in [0.15, 0.2) is 5.78 Å². The van der Waals surface area contributed by atoms with Crippen LogP contribution in [-0.4, -0.2) is 20.5 Å². The number of hydrogen-bond donors (Lipinski definition) is 0. The van der Waals surface area contributed by atoms with Crippen LogP contribution in [-0.2, 0) is 0 Å². The number of carbonyl (C=O) groups is 1. The second kappa shape index (κ2) is 6.64. The van der Waals surface area contributed by atoms with E-state index in [9.17, 15) is 9.18 Å². The molecule has 0 bridgehead atoms. The number of benzene rings is 2. The smallest absolute Gasteiger partial charge is 0.159 e. The quantitative estimate of drug-likeness (QED) is 0.488. The molecule has 2 aromatic carbocycles. The standard InChI is InChI=1S/C21H16FN3O2/c1-13(26)15-6-8-18(9-7-15)25-11-19(23-12-25)20-14(2)27-24-21(20)16-4-3-5-17(22)10-16/h3-12H,1-2H3. The fourth-order valence-electron chi connectivity index (χ4n) is 2.97. The summed E-state index contributed by atoms with van der Waals surface area (Å²) < 4.78 is 20.8. The van der Waals surface area contributed by atoms with Crippen LogP contribution in [0, 0.1) is 12.7 Å². The van der Waals surface area contributed by atoms with E-state index in [1.54, 1.807) is 37.5 Å². The van der Waals surface area contributed by atoms with Crippen molar-refractivity contribution >= 4 is 5.78 Å². The molecule has 0 unspecified atom stereocenters. The number of hydrogen-bond acceptors (Lipinski definition) is 4. The monoisotopic (exact) mass is 361 g/mol. The highest BCUT2D eigenvalue weighted by Gasteiger charge is 2.19. The number of rotatable bonds is 4. The first-order valence-corrected chi connectivity index (χ1v) is 8.41. The summed E-state index contributed by atoms with van der Waals surface area (Å²) >= 11 is 0. The maximum absolute atomic E-state index is 13.6. The molecule has 0 fully saturated rings. The Bertz CT molecular complexity index is 1130. The molecule has 2 heterocycles. The molecule has 0 amide bonds. The Morgan fingerprint density at radius 3 is 2.63 bits per heavy atom. The maximum atomic E-state index is 13.6. The van der Waals surface area contributed by atoms with Crippen molar-refractivity contribution in [3.8, 4) is 28.2 Å². The molecule has 6 heteroatoms. The topological polar surface area (TPSA) is 60.9 Å². The summed E-state index contributed by atoms with van der Waals surface area (Å²) in [5, 5.41) is 4.09. The molecule has 0 aliphatic heterocycles. The van der Waals surface area contributed by atoms with E-state index in [4.69, 9.17) is 4.52 Å². The highest BCUT2D eigenvalue weighted by molar-refractivity contribution is 5.94. The normalized spacial score (nSPS) is 10.9. The van der Waals surface area contributed by atoms with Gasteiger partial charge < -0.3 is 9.09 Å². The van der Waals surface area contributed by atoms with Crippen LogP contribution in [0.4, 0.5) is 4.39 Å². The molecule has 0 aliphatic carbocycles. The minimum Gasteiger partial charge on any atom is -0.360 e. The molecule has 0 aliphatic rings. The number of halogens is 1. The van der Waals surface area contributed by atoms with E-state index in [-0.39, 0.29) is 11.6 Å². The second-order valence-electron chi connectivity index (χ2n) is 6.24. The van der Waals surface area contributed by atoms with Gasteiger partial charge in [0.1, 0.15) is 17.3 Å². The summed E-state index contributed by atoms with van der Waals surface area (Å²) in [6.45, 7) is 3.33. The molecule has 0 saturated carbocycles. The van der Waals surface area contributed by atoms with Crippen LogP contribution >= 0.6 is 0 Å². The average Bonchev–Trinajstić information content (AvgIpc) is 3.28. The van der Waals surface area contributed by atoms with Crippen molar-refractivity contribution in [1.29, 1.82) is 0 Å². The third-order valence-electron chi connectivity index (χ3n) is 4.37. The summed E-state index contributed by atoms with van der Waals surface area (Å²) in [4.78, 5) is 15.9. The van der Waals surface area contributed by atoms with Gasteiger partial charge in [0.05, 0.1) is 17.6 Å². The molecule has 0 radical (unpaired) electrons. The second-order valence-corrected chi connectivity index (χ2v) is 6.24. The van der Waals surface area contributed by atoms with Crippen LogP contribution in [0.25, 0.3) is 28.2 Å². The molecule has 5 nitrogen and oxygen atoms in total. The van der Waals surface area contributed by atoms with Crippen molar-refractivity contribution < 1.29 is 13.7 Å². The molecule has 0 spiro atoms. The molecule has 4 aromatic rings. The van der Waals surface area contributed by atoms with Gasteiger partial charge in [-0.25, -0.2) is 9.37 Å². The number of nitrogens with zero attached hydrogens (tertiary/aromatic N) is 3. The van der Waals surface area contributed by atoms with E-state index in [1.807, 2.05) is 22.9 Å². The van der Waals surface area contributed by atoms with E-state index in [0.29, 0.717) is 28.3 Å². The molecular weight excluding hydrogens is 345 g/mol. The van der Waals surface area contributed by atoms with Crippen molar-refractivity contribution in [2.45, 2.75) is 13.8 Å². The van der Waals surface area contributed by atoms with Gasteiger partial charge in [0.25, 0.3) is 0 Å². The lowest BCUT2D eigenvalue weighted by atomic mass is 10.0. The molecule has 0 N–H and O–H groups in total. The lowest BCUT2D eigenvalue weighted by Gasteiger charge is -2.03. The highest BCUT2D eigenvalue weighted by atomic mass is 19.1. The van der Waals surface area contributed by atoms with Crippen molar-refractivity contribution in [2.75, 3.05) is 0 Å². The van der Waals surface area contributed by atoms with Gasteiger partial charge >= 0.3 is 0 Å². The Morgan fingerprint density at radius 1 is 1.15 bits per heavy atom. The van der Waals surface area contributed by atoms with E-state index < -0.39 is 0 Å². The van der Waals surface area contributed by atoms with Gasteiger partial charge in [-0.3, -0.25) is 4.79 Å². The van der Waals surface area contributed by atoms with Gasteiger partial charge in [0, 0.05) is 23.0 Å². The molecule has 134 valence electrons. The van der Waals surface area contributed by atoms with E-state index in [0.717, 1.165) is 11.3 Å². The average molecular weight is 361 g/mol. The first-order chi connectivity index (χ1) is 13.0. The minimum atomic E-state index is -0.338. The Hall–Kier alpha value is -3.54. The van der Waals surface area contributed by atoms with Gasteiger partial charge in [-0.05, 0) is 50.2 Å². The number of aromatic nitrogens is 3. The van der Waals surface area contributed by atoms with Gasteiger partial charge in [0.2, 0.25) is 0 Å². The Balaban J connectivity index is 1.74. The Kier molecular flexibility index (Phi) is 4.16. The van der Waals surface area contributed by atoms with Crippen LogP contribution in [0.5, 0.6) is 0 Å². The van der Waals surface area contributed by atoms with Crippen LogP contribution in [0.3, 0.4) is 0 Å². The van der Waals surface area contributed by atoms with E-state index in [2.05, 4.69) is 10.1 Å². The summed E-state index contributed by atoms with van der Waals surface area (Å²) in [6.07, 6.45) is 3.53. The first-order valence-electron chi connectivity index (χ1n) is 8.41. The third-order valence-corrected chi connectivity index (χ3v) is 4.37.